The second-order valence-electron chi connectivity index (χ2n) is 2.46. The first-order chi connectivity index (χ1) is 5.81. The third kappa shape index (κ3) is 0.903. The van der Waals surface area contributed by atoms with Crippen LogP contribution in [0.3, 0.4) is 0 Å². The predicted molar refractivity (Wildman–Crippen MR) is 41.8 cm³/mol. The average molecular weight is 164 g/mol. The molecule has 0 aliphatic heterocycles. The lowest BCUT2D eigenvalue weighted by Gasteiger charge is -1.98. The fraction of sp³-hybridized carbons (Fsp3) is 0.286. The molecule has 0 bridgehead atoms. The molecule has 1 N–H and O–H groups in total. The zero-order valence-electron chi connectivity index (χ0n) is 6.60. The van der Waals surface area contributed by atoms with Gasteiger partial charge >= 0.3 is 0 Å². The van der Waals surface area contributed by atoms with Gasteiger partial charge in [0.15, 0.2) is 0 Å². The van der Waals surface area contributed by atoms with Crippen LogP contribution in [0.25, 0.3) is 5.78 Å². The Balaban J connectivity index is 2.75. The van der Waals surface area contributed by atoms with Crippen molar-refractivity contribution in [2.45, 2.75) is 13.3 Å². The maximum absolute atomic E-state index is 9.42. The van der Waals surface area contributed by atoms with Gasteiger partial charge in [-0.3, -0.25) is 0 Å². The van der Waals surface area contributed by atoms with E-state index in [2.05, 4.69) is 15.2 Å². The van der Waals surface area contributed by atoms with Crippen LogP contribution in [0.15, 0.2) is 12.4 Å². The number of nitrogens with zero attached hydrogens (tertiary/aromatic N) is 4. The van der Waals surface area contributed by atoms with Gasteiger partial charge in [0.05, 0.1) is 0 Å². The van der Waals surface area contributed by atoms with Crippen molar-refractivity contribution in [2.75, 3.05) is 0 Å². The number of aryl methyl sites for hydroxylation is 1. The minimum absolute atomic E-state index is 0.127. The van der Waals surface area contributed by atoms with Crippen LogP contribution in [0.4, 0.5) is 0 Å². The van der Waals surface area contributed by atoms with E-state index in [4.69, 9.17) is 0 Å². The predicted octanol–water partition coefficient (Wildman–Crippen LogP) is 0.392. The smallest absolute Gasteiger partial charge is 0.257 e. The molecule has 2 aromatic heterocycles. The van der Waals surface area contributed by atoms with Gasteiger partial charge in [-0.1, -0.05) is 6.92 Å². The molecule has 0 aromatic carbocycles. The van der Waals surface area contributed by atoms with Crippen LogP contribution in [0, 0.1) is 0 Å². The molecule has 5 nitrogen and oxygen atoms in total. The van der Waals surface area contributed by atoms with Gasteiger partial charge < -0.3 is 5.11 Å². The number of fused-ring (bicyclic) bond motifs is 1. The normalized spacial score (nSPS) is 10.8. The highest BCUT2D eigenvalue weighted by Gasteiger charge is 2.03. The number of hydrogen-bond acceptors (Lipinski definition) is 4. The Morgan fingerprint density at radius 3 is 3.17 bits per heavy atom. The molecule has 2 aromatic rings. The first-order valence-electron chi connectivity index (χ1n) is 3.70. The molecule has 0 fully saturated rings. The molecule has 0 radical (unpaired) electrons. The molecule has 12 heavy (non-hydrogen) atoms. The molecule has 0 aliphatic rings. The van der Waals surface area contributed by atoms with Crippen molar-refractivity contribution in [3.63, 3.8) is 0 Å². The van der Waals surface area contributed by atoms with Crippen molar-refractivity contribution in [2.24, 2.45) is 0 Å². The van der Waals surface area contributed by atoms with E-state index in [0.717, 1.165) is 12.1 Å². The Labute approximate surface area is 68.7 Å². The third-order valence-electron chi connectivity index (χ3n) is 1.68. The SMILES string of the molecule is CCc1cc(O)n2cnnc2n1. The molecule has 62 valence electrons. The highest BCUT2D eigenvalue weighted by molar-refractivity contribution is 5.33. The average Bonchev–Trinajstić information content (AvgIpc) is 2.52. The summed E-state index contributed by atoms with van der Waals surface area (Å²) in [5, 5.41) is 16.8. The molecule has 0 spiro atoms. The van der Waals surface area contributed by atoms with E-state index in [1.807, 2.05) is 6.92 Å². The van der Waals surface area contributed by atoms with Crippen LogP contribution in [0.5, 0.6) is 5.88 Å². The lowest BCUT2D eigenvalue weighted by atomic mass is 10.3. The largest absolute Gasteiger partial charge is 0.494 e. The van der Waals surface area contributed by atoms with Crippen molar-refractivity contribution in [1.82, 2.24) is 19.6 Å². The van der Waals surface area contributed by atoms with Crippen molar-refractivity contribution in [3.05, 3.63) is 18.1 Å². The minimum atomic E-state index is 0.127. The number of aromatic nitrogens is 4. The van der Waals surface area contributed by atoms with Crippen LogP contribution < -0.4 is 0 Å². The van der Waals surface area contributed by atoms with E-state index in [1.165, 1.54) is 10.7 Å². The highest BCUT2D eigenvalue weighted by Crippen LogP contribution is 2.11. The van der Waals surface area contributed by atoms with Gasteiger partial charge in [-0.05, 0) is 6.42 Å². The van der Waals surface area contributed by atoms with Gasteiger partial charge in [0.2, 0.25) is 5.88 Å². The molecular weight excluding hydrogens is 156 g/mol. The summed E-state index contributed by atoms with van der Waals surface area (Å²) < 4.78 is 1.43. The van der Waals surface area contributed by atoms with Crippen molar-refractivity contribution >= 4 is 5.78 Å². The number of rotatable bonds is 1. The van der Waals surface area contributed by atoms with E-state index < -0.39 is 0 Å². The van der Waals surface area contributed by atoms with Gasteiger partial charge in [-0.2, -0.15) is 0 Å². The topological polar surface area (TPSA) is 63.3 Å². The van der Waals surface area contributed by atoms with E-state index in [-0.39, 0.29) is 5.88 Å². The molecule has 0 unspecified atom stereocenters. The Morgan fingerprint density at radius 1 is 1.58 bits per heavy atom. The molecule has 2 rings (SSSR count). The van der Waals surface area contributed by atoms with E-state index in [0.29, 0.717) is 5.78 Å². The lowest BCUT2D eigenvalue weighted by molar-refractivity contribution is 0.443. The molecule has 0 amide bonds. The summed E-state index contributed by atoms with van der Waals surface area (Å²) in [7, 11) is 0. The van der Waals surface area contributed by atoms with Gasteiger partial charge in [-0.15, -0.1) is 10.2 Å². The quantitative estimate of drug-likeness (QED) is 0.662. The highest BCUT2D eigenvalue weighted by atomic mass is 16.3. The van der Waals surface area contributed by atoms with Crippen molar-refractivity contribution in [3.8, 4) is 5.88 Å². The zero-order chi connectivity index (χ0) is 8.55. The summed E-state index contributed by atoms with van der Waals surface area (Å²) in [5.74, 6) is 0.564. The molecule has 2 heterocycles. The molecule has 5 heteroatoms. The summed E-state index contributed by atoms with van der Waals surface area (Å²) in [6, 6.07) is 1.61. The maximum atomic E-state index is 9.42. The summed E-state index contributed by atoms with van der Waals surface area (Å²) in [6.07, 6.45) is 2.20. The lowest BCUT2D eigenvalue weighted by Crippen LogP contribution is -1.93. The summed E-state index contributed by atoms with van der Waals surface area (Å²) >= 11 is 0. The first-order valence-corrected chi connectivity index (χ1v) is 3.70. The van der Waals surface area contributed by atoms with Gasteiger partial charge in [-0.25, -0.2) is 9.38 Å². The van der Waals surface area contributed by atoms with Crippen LogP contribution >= 0.6 is 0 Å². The van der Waals surface area contributed by atoms with Gasteiger partial charge in [0, 0.05) is 11.8 Å². The molecule has 0 saturated carbocycles. The molecular formula is C7H8N4O. The van der Waals surface area contributed by atoms with Crippen LogP contribution in [0.1, 0.15) is 12.6 Å². The number of aromatic hydroxyl groups is 1. The van der Waals surface area contributed by atoms with Gasteiger partial charge in [0.25, 0.3) is 5.78 Å². The molecule has 0 atom stereocenters. The van der Waals surface area contributed by atoms with Crippen LogP contribution in [-0.4, -0.2) is 24.7 Å². The second-order valence-corrected chi connectivity index (χ2v) is 2.46. The molecule has 0 aliphatic carbocycles. The van der Waals surface area contributed by atoms with Gasteiger partial charge in [0.1, 0.15) is 6.33 Å². The Bertz CT molecular complexity index is 409. The fourth-order valence-corrected chi connectivity index (χ4v) is 1.03. The number of hydrogen-bond donors (Lipinski definition) is 1. The van der Waals surface area contributed by atoms with E-state index in [1.54, 1.807) is 6.07 Å². The van der Waals surface area contributed by atoms with E-state index >= 15 is 0 Å². The first kappa shape index (κ1) is 7.02. The summed E-state index contributed by atoms with van der Waals surface area (Å²) in [5.41, 5.74) is 0.813. The minimum Gasteiger partial charge on any atom is -0.494 e. The zero-order valence-corrected chi connectivity index (χ0v) is 6.60. The Hall–Kier alpha value is -1.65. The fourth-order valence-electron chi connectivity index (χ4n) is 1.03. The van der Waals surface area contributed by atoms with Crippen LogP contribution in [0.2, 0.25) is 0 Å². The summed E-state index contributed by atoms with van der Waals surface area (Å²) in [6.45, 7) is 1.97. The maximum Gasteiger partial charge on any atom is 0.257 e. The van der Waals surface area contributed by atoms with Crippen molar-refractivity contribution in [1.29, 1.82) is 0 Å². The third-order valence-corrected chi connectivity index (χ3v) is 1.68. The van der Waals surface area contributed by atoms with Crippen LogP contribution in [-0.2, 0) is 6.42 Å². The van der Waals surface area contributed by atoms with Crippen molar-refractivity contribution < 1.29 is 5.11 Å². The summed E-state index contributed by atoms with van der Waals surface area (Å²) in [4.78, 5) is 4.14. The Kier molecular flexibility index (Phi) is 1.43. The molecule has 0 saturated heterocycles. The monoisotopic (exact) mass is 164 g/mol. The van der Waals surface area contributed by atoms with E-state index in [9.17, 15) is 5.11 Å². The Morgan fingerprint density at radius 2 is 2.42 bits per heavy atom. The second kappa shape index (κ2) is 2.44. The standard InChI is InChI=1S/C7H8N4O/c1-2-5-3-6(12)11-4-8-10-7(11)9-5/h3-4,12H,2H2,1H3.